The van der Waals surface area contributed by atoms with E-state index in [4.69, 9.17) is 10.7 Å². The summed E-state index contributed by atoms with van der Waals surface area (Å²) in [7, 11) is 0. The van der Waals surface area contributed by atoms with Gasteiger partial charge in [0, 0.05) is 19.0 Å². The lowest BCUT2D eigenvalue weighted by molar-refractivity contribution is 0.578. The van der Waals surface area contributed by atoms with E-state index in [1.54, 1.807) is 0 Å². The second-order valence-electron chi connectivity index (χ2n) is 5.33. The fourth-order valence-electron chi connectivity index (χ4n) is 2.89. The van der Waals surface area contributed by atoms with Crippen LogP contribution in [0, 0.1) is 0 Å². The Balaban J connectivity index is 1.92. The van der Waals surface area contributed by atoms with E-state index in [0.717, 1.165) is 37.7 Å². The van der Waals surface area contributed by atoms with Crippen molar-refractivity contribution in [1.82, 2.24) is 9.55 Å². The van der Waals surface area contributed by atoms with Crippen LogP contribution in [0.1, 0.15) is 32.0 Å². The molecule has 0 aliphatic heterocycles. The van der Waals surface area contributed by atoms with E-state index in [1.165, 1.54) is 16.9 Å². The molecule has 0 saturated carbocycles. The van der Waals surface area contributed by atoms with Gasteiger partial charge in [-0.05, 0) is 38.3 Å². The zero-order valence-corrected chi connectivity index (χ0v) is 11.5. The van der Waals surface area contributed by atoms with Crippen LogP contribution < -0.4 is 5.73 Å². The standard InChI is InChI=1S/C16H21N3/c1-2-19-15-6-4-3-5-14(15)18-16(19)11-12-7-9-13(17)10-8-12/h3-7,13H,2,8-11,17H2,1H3. The summed E-state index contributed by atoms with van der Waals surface area (Å²) in [5.41, 5.74) is 9.78. The molecule has 0 saturated heterocycles. The van der Waals surface area contributed by atoms with E-state index in [-0.39, 0.29) is 0 Å². The Bertz CT molecular complexity index is 609. The Morgan fingerprint density at radius 2 is 2.21 bits per heavy atom. The molecule has 2 aromatic rings. The van der Waals surface area contributed by atoms with Crippen molar-refractivity contribution >= 4 is 11.0 Å². The summed E-state index contributed by atoms with van der Waals surface area (Å²) >= 11 is 0. The van der Waals surface area contributed by atoms with Gasteiger partial charge in [0.1, 0.15) is 5.82 Å². The van der Waals surface area contributed by atoms with E-state index in [1.807, 2.05) is 0 Å². The van der Waals surface area contributed by atoms with Gasteiger partial charge < -0.3 is 10.3 Å². The van der Waals surface area contributed by atoms with Gasteiger partial charge in [-0.1, -0.05) is 23.8 Å². The van der Waals surface area contributed by atoms with Crippen molar-refractivity contribution in [3.63, 3.8) is 0 Å². The third-order valence-corrected chi connectivity index (χ3v) is 3.98. The summed E-state index contributed by atoms with van der Waals surface area (Å²) in [6, 6.07) is 8.74. The Morgan fingerprint density at radius 3 is 2.95 bits per heavy atom. The van der Waals surface area contributed by atoms with Crippen molar-refractivity contribution < 1.29 is 0 Å². The molecule has 1 aromatic heterocycles. The lowest BCUT2D eigenvalue weighted by Crippen LogP contribution is -2.22. The summed E-state index contributed by atoms with van der Waals surface area (Å²) in [6.45, 7) is 3.16. The van der Waals surface area contributed by atoms with E-state index in [2.05, 4.69) is 41.8 Å². The average Bonchev–Trinajstić information content (AvgIpc) is 2.78. The SMILES string of the molecule is CCn1c(CC2=CCC(N)CC2)nc2ccccc21. The van der Waals surface area contributed by atoms with Crippen LogP contribution >= 0.6 is 0 Å². The molecular formula is C16H21N3. The number of para-hydroxylation sites is 2. The molecule has 3 rings (SSSR count). The molecular weight excluding hydrogens is 234 g/mol. The molecule has 1 unspecified atom stereocenters. The number of aryl methyl sites for hydroxylation is 1. The summed E-state index contributed by atoms with van der Waals surface area (Å²) in [5, 5.41) is 0. The second-order valence-corrected chi connectivity index (χ2v) is 5.33. The van der Waals surface area contributed by atoms with Crippen LogP contribution in [0.3, 0.4) is 0 Å². The lowest BCUT2D eigenvalue weighted by Gasteiger charge is -2.18. The van der Waals surface area contributed by atoms with Gasteiger partial charge in [0.25, 0.3) is 0 Å². The minimum Gasteiger partial charge on any atom is -0.328 e. The zero-order valence-electron chi connectivity index (χ0n) is 11.5. The summed E-state index contributed by atoms with van der Waals surface area (Å²) in [6.07, 6.45) is 6.52. The monoisotopic (exact) mass is 255 g/mol. The predicted molar refractivity (Wildman–Crippen MR) is 79.0 cm³/mol. The molecule has 100 valence electrons. The van der Waals surface area contributed by atoms with E-state index < -0.39 is 0 Å². The summed E-state index contributed by atoms with van der Waals surface area (Å²) in [4.78, 5) is 4.79. The van der Waals surface area contributed by atoms with Gasteiger partial charge >= 0.3 is 0 Å². The molecule has 1 aromatic carbocycles. The Kier molecular flexibility index (Phi) is 3.38. The number of imidazole rings is 1. The minimum atomic E-state index is 0.355. The number of aromatic nitrogens is 2. The molecule has 3 nitrogen and oxygen atoms in total. The van der Waals surface area contributed by atoms with E-state index in [9.17, 15) is 0 Å². The van der Waals surface area contributed by atoms with Crippen molar-refractivity contribution in [3.05, 3.63) is 41.7 Å². The first kappa shape index (κ1) is 12.4. The molecule has 1 aliphatic carbocycles. The number of hydrogen-bond acceptors (Lipinski definition) is 2. The van der Waals surface area contributed by atoms with Crippen LogP contribution in [-0.2, 0) is 13.0 Å². The van der Waals surface area contributed by atoms with Crippen LogP contribution in [-0.4, -0.2) is 15.6 Å². The highest BCUT2D eigenvalue weighted by molar-refractivity contribution is 5.75. The van der Waals surface area contributed by atoms with Crippen LogP contribution in [0.25, 0.3) is 11.0 Å². The highest BCUT2D eigenvalue weighted by Gasteiger charge is 2.14. The molecule has 1 heterocycles. The Labute approximate surface area is 114 Å². The van der Waals surface area contributed by atoms with Gasteiger partial charge in [0.2, 0.25) is 0 Å². The van der Waals surface area contributed by atoms with Crippen molar-refractivity contribution in [2.24, 2.45) is 5.73 Å². The first-order valence-electron chi connectivity index (χ1n) is 7.15. The molecule has 19 heavy (non-hydrogen) atoms. The van der Waals surface area contributed by atoms with Gasteiger partial charge in [-0.2, -0.15) is 0 Å². The number of hydrogen-bond donors (Lipinski definition) is 1. The highest BCUT2D eigenvalue weighted by atomic mass is 15.1. The van der Waals surface area contributed by atoms with Crippen molar-refractivity contribution in [2.75, 3.05) is 0 Å². The molecule has 0 spiro atoms. The maximum Gasteiger partial charge on any atom is 0.113 e. The number of allylic oxidation sites excluding steroid dienone is 1. The van der Waals surface area contributed by atoms with Crippen LogP contribution in [0.15, 0.2) is 35.9 Å². The van der Waals surface area contributed by atoms with E-state index >= 15 is 0 Å². The Hall–Kier alpha value is -1.61. The van der Waals surface area contributed by atoms with Gasteiger partial charge in [-0.15, -0.1) is 0 Å². The normalized spacial score (nSPS) is 19.7. The summed E-state index contributed by atoms with van der Waals surface area (Å²) < 4.78 is 2.32. The third-order valence-electron chi connectivity index (χ3n) is 3.98. The summed E-state index contributed by atoms with van der Waals surface area (Å²) in [5.74, 6) is 1.19. The van der Waals surface area contributed by atoms with Crippen molar-refractivity contribution in [1.29, 1.82) is 0 Å². The highest BCUT2D eigenvalue weighted by Crippen LogP contribution is 2.23. The predicted octanol–water partition coefficient (Wildman–Crippen LogP) is 3.04. The topological polar surface area (TPSA) is 43.8 Å². The number of nitrogens with zero attached hydrogens (tertiary/aromatic N) is 2. The number of nitrogens with two attached hydrogens (primary N) is 1. The second kappa shape index (κ2) is 5.17. The first-order valence-corrected chi connectivity index (χ1v) is 7.15. The molecule has 0 bridgehead atoms. The first-order chi connectivity index (χ1) is 9.28. The number of benzene rings is 1. The maximum absolute atomic E-state index is 5.94. The minimum absolute atomic E-state index is 0.355. The third kappa shape index (κ3) is 2.43. The van der Waals surface area contributed by atoms with Crippen molar-refractivity contribution in [3.8, 4) is 0 Å². The van der Waals surface area contributed by atoms with E-state index in [0.29, 0.717) is 6.04 Å². The number of rotatable bonds is 3. The molecule has 3 heteroatoms. The lowest BCUT2D eigenvalue weighted by atomic mass is 9.94. The van der Waals surface area contributed by atoms with Crippen molar-refractivity contribution in [2.45, 2.75) is 45.2 Å². The van der Waals surface area contributed by atoms with Crippen LogP contribution in [0.5, 0.6) is 0 Å². The van der Waals surface area contributed by atoms with Gasteiger partial charge in [0.15, 0.2) is 0 Å². The molecule has 1 atom stereocenters. The smallest absolute Gasteiger partial charge is 0.113 e. The quantitative estimate of drug-likeness (QED) is 0.857. The molecule has 0 fully saturated rings. The largest absolute Gasteiger partial charge is 0.328 e. The van der Waals surface area contributed by atoms with Gasteiger partial charge in [-0.3, -0.25) is 0 Å². The molecule has 0 radical (unpaired) electrons. The maximum atomic E-state index is 5.94. The van der Waals surface area contributed by atoms with Crippen LogP contribution in [0.2, 0.25) is 0 Å². The fraction of sp³-hybridized carbons (Fsp3) is 0.438. The average molecular weight is 255 g/mol. The molecule has 1 aliphatic rings. The number of fused-ring (bicyclic) bond motifs is 1. The van der Waals surface area contributed by atoms with Crippen LogP contribution in [0.4, 0.5) is 0 Å². The molecule has 2 N–H and O–H groups in total. The molecule has 0 amide bonds. The zero-order chi connectivity index (χ0) is 13.2. The van der Waals surface area contributed by atoms with Gasteiger partial charge in [-0.25, -0.2) is 4.98 Å². The van der Waals surface area contributed by atoms with Gasteiger partial charge in [0.05, 0.1) is 11.0 Å². The fourth-order valence-corrected chi connectivity index (χ4v) is 2.89. The Morgan fingerprint density at radius 1 is 1.37 bits per heavy atom.